The molecule has 2 N–H and O–H groups in total. The van der Waals surface area contributed by atoms with E-state index in [1.54, 1.807) is 0 Å². The molecule has 1 aliphatic rings. The first-order chi connectivity index (χ1) is 6.86. The second kappa shape index (κ2) is 7.21. The minimum Gasteiger partial charge on any atom is -0.381 e. The van der Waals surface area contributed by atoms with Crippen LogP contribution in [0.1, 0.15) is 26.2 Å². The Kier molecular flexibility index (Phi) is 6.15. The molecule has 0 aromatic rings. The summed E-state index contributed by atoms with van der Waals surface area (Å²) in [6, 6.07) is 0. The Morgan fingerprint density at radius 1 is 1.36 bits per heavy atom. The smallest absolute Gasteiger partial charge is 0.0495 e. The molecule has 0 atom stereocenters. The van der Waals surface area contributed by atoms with Crippen LogP contribution in [0, 0.1) is 5.92 Å². The maximum atomic E-state index is 5.58. The van der Waals surface area contributed by atoms with E-state index in [0.717, 1.165) is 32.1 Å². The largest absolute Gasteiger partial charge is 0.381 e. The van der Waals surface area contributed by atoms with Gasteiger partial charge in [0.15, 0.2) is 0 Å². The topological polar surface area (TPSA) is 38.5 Å². The first kappa shape index (κ1) is 12.0. The number of piperidine rings is 1. The minimum atomic E-state index is 0.744. The highest BCUT2D eigenvalue weighted by Gasteiger charge is 2.17. The fourth-order valence-electron chi connectivity index (χ4n) is 1.90. The molecule has 3 nitrogen and oxygen atoms in total. The van der Waals surface area contributed by atoms with Gasteiger partial charge in [-0.25, -0.2) is 0 Å². The summed E-state index contributed by atoms with van der Waals surface area (Å²) in [5, 5.41) is 0. The summed E-state index contributed by atoms with van der Waals surface area (Å²) in [5.74, 6) is 0.788. The molecule has 0 aliphatic carbocycles. The molecule has 3 heteroatoms. The van der Waals surface area contributed by atoms with Crippen molar-refractivity contribution in [1.29, 1.82) is 0 Å². The average Bonchev–Trinajstić information content (AvgIpc) is 2.25. The molecule has 0 radical (unpaired) electrons. The van der Waals surface area contributed by atoms with Gasteiger partial charge in [0.05, 0.1) is 0 Å². The van der Waals surface area contributed by atoms with Gasteiger partial charge in [0.1, 0.15) is 0 Å². The van der Waals surface area contributed by atoms with Crippen molar-refractivity contribution < 1.29 is 4.74 Å². The molecule has 0 aromatic heterocycles. The van der Waals surface area contributed by atoms with Gasteiger partial charge in [-0.05, 0) is 51.4 Å². The number of hydrogen-bond acceptors (Lipinski definition) is 3. The molecular weight excluding hydrogens is 176 g/mol. The zero-order chi connectivity index (χ0) is 10.2. The molecule has 0 saturated carbocycles. The van der Waals surface area contributed by atoms with Crippen LogP contribution in [0.4, 0.5) is 0 Å². The molecule has 1 fully saturated rings. The standard InChI is InChI=1S/C11H24N2O/c1-2-13-7-4-11(5-8-13)10-14-9-3-6-12/h11H,2-10,12H2,1H3. The molecule has 1 aliphatic heterocycles. The lowest BCUT2D eigenvalue weighted by Crippen LogP contribution is -2.34. The second-order valence-corrected chi connectivity index (χ2v) is 4.09. The van der Waals surface area contributed by atoms with Crippen LogP contribution in [0.5, 0.6) is 0 Å². The van der Waals surface area contributed by atoms with Crippen molar-refractivity contribution >= 4 is 0 Å². The molecule has 1 heterocycles. The van der Waals surface area contributed by atoms with Gasteiger partial charge in [-0.1, -0.05) is 6.92 Å². The minimum absolute atomic E-state index is 0.744. The summed E-state index contributed by atoms with van der Waals surface area (Å²) in [6.45, 7) is 8.46. The Labute approximate surface area is 87.6 Å². The number of rotatable bonds is 6. The lowest BCUT2D eigenvalue weighted by atomic mass is 9.98. The SMILES string of the molecule is CCN1CCC(COCCCN)CC1. The van der Waals surface area contributed by atoms with Crippen LogP contribution >= 0.6 is 0 Å². The van der Waals surface area contributed by atoms with Crippen LogP contribution < -0.4 is 5.73 Å². The van der Waals surface area contributed by atoms with Crippen molar-refractivity contribution in [3.63, 3.8) is 0 Å². The monoisotopic (exact) mass is 200 g/mol. The number of hydrogen-bond donors (Lipinski definition) is 1. The van der Waals surface area contributed by atoms with Gasteiger partial charge >= 0.3 is 0 Å². The quantitative estimate of drug-likeness (QED) is 0.652. The van der Waals surface area contributed by atoms with Crippen LogP contribution in [0.3, 0.4) is 0 Å². The highest BCUT2D eigenvalue weighted by atomic mass is 16.5. The van der Waals surface area contributed by atoms with Gasteiger partial charge in [0.25, 0.3) is 0 Å². The summed E-state index contributed by atoms with van der Waals surface area (Å²) >= 11 is 0. The molecule has 1 saturated heterocycles. The number of nitrogens with zero attached hydrogens (tertiary/aromatic N) is 1. The fourth-order valence-corrected chi connectivity index (χ4v) is 1.90. The van der Waals surface area contributed by atoms with Gasteiger partial charge in [0, 0.05) is 13.2 Å². The third kappa shape index (κ3) is 4.40. The first-order valence-electron chi connectivity index (χ1n) is 5.87. The van der Waals surface area contributed by atoms with E-state index in [-0.39, 0.29) is 0 Å². The van der Waals surface area contributed by atoms with Crippen LogP contribution in [0.15, 0.2) is 0 Å². The van der Waals surface area contributed by atoms with Gasteiger partial charge in [-0.3, -0.25) is 0 Å². The maximum absolute atomic E-state index is 5.58. The predicted molar refractivity (Wildman–Crippen MR) is 59.3 cm³/mol. The summed E-state index contributed by atoms with van der Waals surface area (Å²) in [4.78, 5) is 2.51. The van der Waals surface area contributed by atoms with E-state index in [1.165, 1.54) is 32.5 Å². The number of nitrogens with two attached hydrogens (primary N) is 1. The molecule has 84 valence electrons. The van der Waals surface area contributed by atoms with E-state index in [1.807, 2.05) is 0 Å². The normalized spacial score (nSPS) is 20.1. The van der Waals surface area contributed by atoms with E-state index >= 15 is 0 Å². The fraction of sp³-hybridized carbons (Fsp3) is 1.00. The van der Waals surface area contributed by atoms with Gasteiger partial charge in [-0.2, -0.15) is 0 Å². The van der Waals surface area contributed by atoms with Crippen molar-refractivity contribution in [2.75, 3.05) is 39.4 Å². The first-order valence-corrected chi connectivity index (χ1v) is 5.87. The molecule has 0 amide bonds. The molecule has 14 heavy (non-hydrogen) atoms. The van der Waals surface area contributed by atoms with Crippen LogP contribution in [0.25, 0.3) is 0 Å². The Bertz CT molecular complexity index is 133. The molecular formula is C11H24N2O. The van der Waals surface area contributed by atoms with E-state index in [2.05, 4.69) is 11.8 Å². The second-order valence-electron chi connectivity index (χ2n) is 4.09. The van der Waals surface area contributed by atoms with Crippen molar-refractivity contribution in [3.05, 3.63) is 0 Å². The van der Waals surface area contributed by atoms with Gasteiger partial charge in [0.2, 0.25) is 0 Å². The number of likely N-dealkylation sites (tertiary alicyclic amines) is 1. The lowest BCUT2D eigenvalue weighted by Gasteiger charge is -2.30. The van der Waals surface area contributed by atoms with E-state index in [9.17, 15) is 0 Å². The highest BCUT2D eigenvalue weighted by molar-refractivity contribution is 4.70. The van der Waals surface area contributed by atoms with Crippen molar-refractivity contribution in [1.82, 2.24) is 4.90 Å². The van der Waals surface area contributed by atoms with Crippen molar-refractivity contribution in [2.45, 2.75) is 26.2 Å². The summed E-state index contributed by atoms with van der Waals surface area (Å²) in [7, 11) is 0. The third-order valence-corrected chi connectivity index (χ3v) is 3.00. The molecule has 1 rings (SSSR count). The van der Waals surface area contributed by atoms with E-state index in [4.69, 9.17) is 10.5 Å². The predicted octanol–water partition coefficient (Wildman–Crippen LogP) is 1.08. The van der Waals surface area contributed by atoms with Gasteiger partial charge in [-0.15, -0.1) is 0 Å². The maximum Gasteiger partial charge on any atom is 0.0495 e. The average molecular weight is 200 g/mol. The van der Waals surface area contributed by atoms with Crippen LogP contribution in [0.2, 0.25) is 0 Å². The molecule has 0 unspecified atom stereocenters. The Morgan fingerprint density at radius 2 is 2.07 bits per heavy atom. The number of ether oxygens (including phenoxy) is 1. The zero-order valence-corrected chi connectivity index (χ0v) is 9.37. The summed E-state index contributed by atoms with van der Waals surface area (Å²) in [6.07, 6.45) is 3.60. The van der Waals surface area contributed by atoms with Gasteiger partial charge < -0.3 is 15.4 Å². The van der Waals surface area contributed by atoms with Crippen molar-refractivity contribution in [2.24, 2.45) is 11.7 Å². The molecule has 0 aromatic carbocycles. The molecule has 0 bridgehead atoms. The third-order valence-electron chi connectivity index (χ3n) is 3.00. The van der Waals surface area contributed by atoms with E-state index < -0.39 is 0 Å². The van der Waals surface area contributed by atoms with Crippen LogP contribution in [-0.2, 0) is 4.74 Å². The Morgan fingerprint density at radius 3 is 2.64 bits per heavy atom. The van der Waals surface area contributed by atoms with Crippen LogP contribution in [-0.4, -0.2) is 44.3 Å². The molecule has 0 spiro atoms. The zero-order valence-electron chi connectivity index (χ0n) is 9.37. The summed E-state index contributed by atoms with van der Waals surface area (Å²) < 4.78 is 5.58. The lowest BCUT2D eigenvalue weighted by molar-refractivity contribution is 0.0678. The summed E-state index contributed by atoms with van der Waals surface area (Å²) in [5.41, 5.74) is 5.40. The Hall–Kier alpha value is -0.120. The Balaban J connectivity index is 1.98. The van der Waals surface area contributed by atoms with Crippen molar-refractivity contribution in [3.8, 4) is 0 Å². The highest BCUT2D eigenvalue weighted by Crippen LogP contribution is 2.16. The van der Waals surface area contributed by atoms with E-state index in [0.29, 0.717) is 0 Å².